The highest BCUT2D eigenvalue weighted by Gasteiger charge is 2.22. The van der Waals surface area contributed by atoms with Crippen molar-refractivity contribution in [2.45, 2.75) is 26.2 Å². The van der Waals surface area contributed by atoms with E-state index in [4.69, 9.17) is 0 Å². The van der Waals surface area contributed by atoms with E-state index in [1.807, 2.05) is 6.92 Å². The van der Waals surface area contributed by atoms with Crippen molar-refractivity contribution >= 4 is 11.5 Å². The molecular formula is C9H11N3O. The van der Waals surface area contributed by atoms with Crippen molar-refractivity contribution in [1.82, 2.24) is 0 Å². The van der Waals surface area contributed by atoms with E-state index in [9.17, 15) is 4.79 Å². The molecule has 0 bridgehead atoms. The first-order chi connectivity index (χ1) is 6.29. The van der Waals surface area contributed by atoms with E-state index in [1.54, 1.807) is 0 Å². The third-order valence-electron chi connectivity index (χ3n) is 2.50. The lowest BCUT2D eigenvalue weighted by Crippen LogP contribution is -2.06. The van der Waals surface area contributed by atoms with Gasteiger partial charge in [0.25, 0.3) is 0 Å². The van der Waals surface area contributed by atoms with Gasteiger partial charge in [-0.2, -0.15) is 5.11 Å². The minimum atomic E-state index is 0.270. The summed E-state index contributed by atoms with van der Waals surface area (Å²) in [7, 11) is 0. The molecule has 0 atom stereocenters. The molecule has 1 fully saturated rings. The Morgan fingerprint density at radius 2 is 2.23 bits per heavy atom. The number of nitrogens with zero attached hydrogens (tertiary/aromatic N) is 3. The van der Waals surface area contributed by atoms with Gasteiger partial charge in [0.05, 0.1) is 5.71 Å². The normalized spacial score (nSPS) is 25.3. The zero-order valence-electron chi connectivity index (χ0n) is 7.58. The standard InChI is InChI=1S/C9H11N3O/c1-6(8-5-10-12-11-8)7-3-2-4-9(7)13/h2-5H2,1H3/b7-6+. The van der Waals surface area contributed by atoms with Crippen LogP contribution >= 0.6 is 0 Å². The van der Waals surface area contributed by atoms with Gasteiger partial charge in [0.2, 0.25) is 0 Å². The molecule has 0 N–H and O–H groups in total. The summed E-state index contributed by atoms with van der Waals surface area (Å²) < 4.78 is 0. The van der Waals surface area contributed by atoms with Crippen LogP contribution in [0.25, 0.3) is 0 Å². The van der Waals surface area contributed by atoms with E-state index in [0.29, 0.717) is 13.0 Å². The van der Waals surface area contributed by atoms with Crippen LogP contribution in [0.1, 0.15) is 26.2 Å². The molecule has 0 spiro atoms. The lowest BCUT2D eigenvalue weighted by atomic mass is 10.0. The molecule has 0 aromatic carbocycles. The van der Waals surface area contributed by atoms with Crippen LogP contribution in [0, 0.1) is 0 Å². The van der Waals surface area contributed by atoms with Crippen molar-refractivity contribution in [2.24, 2.45) is 15.4 Å². The molecule has 0 radical (unpaired) electrons. The lowest BCUT2D eigenvalue weighted by molar-refractivity contribution is -0.114. The Morgan fingerprint density at radius 3 is 2.77 bits per heavy atom. The third-order valence-corrected chi connectivity index (χ3v) is 2.50. The van der Waals surface area contributed by atoms with Crippen LogP contribution in [0.3, 0.4) is 0 Å². The molecule has 0 unspecified atom stereocenters. The van der Waals surface area contributed by atoms with Gasteiger partial charge in [0.15, 0.2) is 5.78 Å². The van der Waals surface area contributed by atoms with Crippen LogP contribution in [0.5, 0.6) is 0 Å². The van der Waals surface area contributed by atoms with Crippen molar-refractivity contribution in [1.29, 1.82) is 0 Å². The molecule has 1 heterocycles. The topological polar surface area (TPSA) is 54.1 Å². The van der Waals surface area contributed by atoms with Crippen LogP contribution in [0.2, 0.25) is 0 Å². The fraction of sp³-hybridized carbons (Fsp3) is 0.556. The first-order valence-electron chi connectivity index (χ1n) is 4.45. The van der Waals surface area contributed by atoms with Gasteiger partial charge < -0.3 is 0 Å². The second kappa shape index (κ2) is 3.20. The van der Waals surface area contributed by atoms with Gasteiger partial charge in [-0.05, 0) is 36.1 Å². The van der Waals surface area contributed by atoms with Crippen LogP contribution < -0.4 is 0 Å². The van der Waals surface area contributed by atoms with Gasteiger partial charge >= 0.3 is 0 Å². The minimum Gasteiger partial charge on any atom is -0.295 e. The minimum absolute atomic E-state index is 0.270. The van der Waals surface area contributed by atoms with Crippen LogP contribution in [0.15, 0.2) is 26.6 Å². The van der Waals surface area contributed by atoms with Crippen LogP contribution in [-0.2, 0) is 4.79 Å². The van der Waals surface area contributed by atoms with Crippen molar-refractivity contribution in [3.05, 3.63) is 11.1 Å². The van der Waals surface area contributed by atoms with Gasteiger partial charge in [0, 0.05) is 6.42 Å². The molecule has 4 heteroatoms. The number of ketones is 1. The van der Waals surface area contributed by atoms with Crippen molar-refractivity contribution in [2.75, 3.05) is 6.54 Å². The summed E-state index contributed by atoms with van der Waals surface area (Å²) in [5.74, 6) is 0.270. The van der Waals surface area contributed by atoms with E-state index < -0.39 is 0 Å². The van der Waals surface area contributed by atoms with E-state index in [-0.39, 0.29) is 5.78 Å². The molecular weight excluding hydrogens is 166 g/mol. The second-order valence-electron chi connectivity index (χ2n) is 3.32. The predicted molar refractivity (Wildman–Crippen MR) is 48.7 cm³/mol. The largest absolute Gasteiger partial charge is 0.295 e. The Balaban J connectivity index is 2.27. The van der Waals surface area contributed by atoms with E-state index >= 15 is 0 Å². The maximum absolute atomic E-state index is 11.4. The van der Waals surface area contributed by atoms with Crippen molar-refractivity contribution < 1.29 is 4.79 Å². The number of Topliss-reactive ketones (excluding diaryl/α,β-unsaturated/α-hetero) is 1. The maximum Gasteiger partial charge on any atom is 0.159 e. The molecule has 2 aliphatic rings. The summed E-state index contributed by atoms with van der Waals surface area (Å²) in [5.41, 5.74) is 2.78. The lowest BCUT2D eigenvalue weighted by Gasteiger charge is -2.01. The van der Waals surface area contributed by atoms with Crippen molar-refractivity contribution in [3.63, 3.8) is 0 Å². The highest BCUT2D eigenvalue weighted by Crippen LogP contribution is 2.25. The maximum atomic E-state index is 11.4. The Morgan fingerprint density at radius 1 is 1.38 bits per heavy atom. The number of allylic oxidation sites excluding steroid dienone is 1. The highest BCUT2D eigenvalue weighted by molar-refractivity contribution is 6.10. The number of carbonyl (C=O) groups excluding carboxylic acids is 1. The van der Waals surface area contributed by atoms with E-state index in [1.165, 1.54) is 0 Å². The van der Waals surface area contributed by atoms with Gasteiger partial charge in [-0.15, -0.1) is 5.10 Å². The number of hydrogen-bond donors (Lipinski definition) is 0. The molecule has 0 aromatic rings. The third kappa shape index (κ3) is 1.43. The van der Waals surface area contributed by atoms with Gasteiger partial charge in [-0.3, -0.25) is 4.79 Å². The fourth-order valence-electron chi connectivity index (χ4n) is 1.70. The zero-order valence-corrected chi connectivity index (χ0v) is 7.58. The SMILES string of the molecule is C/C(C1=NN=NC1)=C1/CCCC1=O. The molecule has 2 rings (SSSR count). The Hall–Kier alpha value is -1.32. The molecule has 4 nitrogen and oxygen atoms in total. The molecule has 13 heavy (non-hydrogen) atoms. The average molecular weight is 177 g/mol. The first kappa shape index (κ1) is 8.29. The van der Waals surface area contributed by atoms with E-state index in [0.717, 1.165) is 29.7 Å². The summed E-state index contributed by atoms with van der Waals surface area (Å²) in [6, 6.07) is 0. The van der Waals surface area contributed by atoms with E-state index in [2.05, 4.69) is 15.4 Å². The Kier molecular flexibility index (Phi) is 2.04. The zero-order chi connectivity index (χ0) is 9.26. The Bertz CT molecular complexity index is 339. The number of carbonyl (C=O) groups is 1. The van der Waals surface area contributed by atoms with Crippen LogP contribution in [0.4, 0.5) is 0 Å². The Labute approximate surface area is 76.4 Å². The number of hydrogen-bond acceptors (Lipinski definition) is 4. The fourth-order valence-corrected chi connectivity index (χ4v) is 1.70. The first-order valence-corrected chi connectivity index (χ1v) is 4.45. The predicted octanol–water partition coefficient (Wildman–Crippen LogP) is 1.88. The van der Waals surface area contributed by atoms with Crippen molar-refractivity contribution in [3.8, 4) is 0 Å². The molecule has 1 aliphatic heterocycles. The number of rotatable bonds is 1. The molecule has 1 aliphatic carbocycles. The molecule has 0 saturated heterocycles. The molecule has 68 valence electrons. The van der Waals surface area contributed by atoms with Gasteiger partial charge in [-0.1, -0.05) is 0 Å². The van der Waals surface area contributed by atoms with Gasteiger partial charge in [0.1, 0.15) is 6.54 Å². The smallest absolute Gasteiger partial charge is 0.159 e. The summed E-state index contributed by atoms with van der Waals surface area (Å²) in [4.78, 5) is 11.4. The van der Waals surface area contributed by atoms with Gasteiger partial charge in [-0.25, -0.2) is 0 Å². The average Bonchev–Trinajstić information content (AvgIpc) is 2.72. The monoisotopic (exact) mass is 177 g/mol. The summed E-state index contributed by atoms with van der Waals surface area (Å²) in [5, 5.41) is 11.2. The summed E-state index contributed by atoms with van der Waals surface area (Å²) in [6.45, 7) is 2.47. The van der Waals surface area contributed by atoms with Crippen LogP contribution in [-0.4, -0.2) is 18.0 Å². The quantitative estimate of drug-likeness (QED) is 0.564. The molecule has 0 amide bonds. The molecule has 1 saturated carbocycles. The second-order valence-corrected chi connectivity index (χ2v) is 3.32. The summed E-state index contributed by atoms with van der Waals surface area (Å²) in [6.07, 6.45) is 2.56. The molecule has 0 aromatic heterocycles. The summed E-state index contributed by atoms with van der Waals surface area (Å²) >= 11 is 0. The highest BCUT2D eigenvalue weighted by atomic mass is 16.1.